The first-order valence-electron chi connectivity index (χ1n) is 12.9. The lowest BCUT2D eigenvalue weighted by Gasteiger charge is -2.19. The van der Waals surface area contributed by atoms with E-state index in [2.05, 4.69) is 10.1 Å². The maximum atomic E-state index is 6.50. The Hall–Kier alpha value is -3.84. The van der Waals surface area contributed by atoms with Gasteiger partial charge in [-0.15, -0.1) is 0 Å². The van der Waals surface area contributed by atoms with Crippen LogP contribution in [0, 0.1) is 0 Å². The van der Waals surface area contributed by atoms with Gasteiger partial charge in [0.15, 0.2) is 0 Å². The third-order valence-electron chi connectivity index (χ3n) is 6.34. The van der Waals surface area contributed by atoms with Crippen LogP contribution in [0.15, 0.2) is 110 Å². The molecule has 0 saturated heterocycles. The highest BCUT2D eigenvalue weighted by molar-refractivity contribution is 6.35. The molecule has 204 valence electrons. The Kier molecular flexibility index (Phi) is 9.69. The van der Waals surface area contributed by atoms with Crippen LogP contribution in [0.2, 0.25) is 10.0 Å². The molecule has 1 aromatic heterocycles. The first kappa shape index (κ1) is 27.7. The molecule has 0 aliphatic heterocycles. The highest BCUT2D eigenvalue weighted by Gasteiger charge is 2.17. The molecule has 40 heavy (non-hydrogen) atoms. The van der Waals surface area contributed by atoms with Crippen molar-refractivity contribution in [3.05, 3.63) is 142 Å². The van der Waals surface area contributed by atoms with Crippen LogP contribution in [0.3, 0.4) is 0 Å². The van der Waals surface area contributed by atoms with Gasteiger partial charge in [-0.3, -0.25) is 4.68 Å². The van der Waals surface area contributed by atoms with Gasteiger partial charge in [0, 0.05) is 16.0 Å². The van der Waals surface area contributed by atoms with E-state index in [-0.39, 0.29) is 5.92 Å². The van der Waals surface area contributed by atoms with E-state index in [9.17, 15) is 0 Å². The van der Waals surface area contributed by atoms with Crippen LogP contribution in [0.1, 0.15) is 28.2 Å². The molecule has 1 unspecified atom stereocenters. The van der Waals surface area contributed by atoms with Crippen LogP contribution in [-0.4, -0.2) is 21.4 Å². The molecule has 0 bridgehead atoms. The fourth-order valence-corrected chi connectivity index (χ4v) is 4.82. The number of hydrogen-bond acceptors (Lipinski definition) is 5. The van der Waals surface area contributed by atoms with Gasteiger partial charge in [-0.25, -0.2) is 4.98 Å². The van der Waals surface area contributed by atoms with Crippen molar-refractivity contribution < 1.29 is 14.2 Å². The van der Waals surface area contributed by atoms with Gasteiger partial charge in [0.2, 0.25) is 0 Å². The summed E-state index contributed by atoms with van der Waals surface area (Å²) in [7, 11) is 0. The van der Waals surface area contributed by atoms with E-state index in [4.69, 9.17) is 37.4 Å². The van der Waals surface area contributed by atoms with Gasteiger partial charge in [-0.2, -0.15) is 5.10 Å². The maximum absolute atomic E-state index is 6.50. The molecule has 6 nitrogen and oxygen atoms in total. The molecule has 1 heterocycles. The largest absolute Gasteiger partial charge is 0.489 e. The van der Waals surface area contributed by atoms with Crippen molar-refractivity contribution in [2.75, 3.05) is 6.61 Å². The lowest BCUT2D eigenvalue weighted by atomic mass is 10.00. The molecule has 5 aromatic rings. The fourth-order valence-electron chi connectivity index (χ4n) is 4.26. The van der Waals surface area contributed by atoms with Crippen LogP contribution < -0.4 is 9.47 Å². The number of hydrogen-bond donors (Lipinski definition) is 0. The molecular weight excluding hydrogens is 545 g/mol. The van der Waals surface area contributed by atoms with Gasteiger partial charge in [-0.1, -0.05) is 83.9 Å². The molecule has 0 radical (unpaired) electrons. The summed E-state index contributed by atoms with van der Waals surface area (Å²) in [5.74, 6) is 1.59. The molecule has 0 N–H and O–H groups in total. The zero-order valence-electron chi connectivity index (χ0n) is 21.8. The number of nitrogens with zero attached hydrogens (tertiary/aromatic N) is 3. The van der Waals surface area contributed by atoms with Crippen LogP contribution >= 0.6 is 23.2 Å². The minimum atomic E-state index is -0.0125. The molecule has 0 amide bonds. The van der Waals surface area contributed by atoms with Crippen molar-refractivity contribution in [1.82, 2.24) is 14.8 Å². The van der Waals surface area contributed by atoms with Crippen molar-refractivity contribution >= 4 is 23.2 Å². The topological polar surface area (TPSA) is 58.4 Å². The molecule has 0 fully saturated rings. The van der Waals surface area contributed by atoms with Crippen molar-refractivity contribution in [3.8, 4) is 11.5 Å². The number of aromatic nitrogens is 3. The third kappa shape index (κ3) is 8.09. The first-order valence-corrected chi connectivity index (χ1v) is 13.7. The Morgan fingerprint density at radius 1 is 0.700 bits per heavy atom. The van der Waals surface area contributed by atoms with Crippen LogP contribution in [0.25, 0.3) is 0 Å². The maximum Gasteiger partial charge on any atom is 0.137 e. The second kappa shape index (κ2) is 14.0. The zero-order chi connectivity index (χ0) is 27.6. The van der Waals surface area contributed by atoms with Crippen molar-refractivity contribution in [2.45, 2.75) is 32.3 Å². The van der Waals surface area contributed by atoms with Crippen molar-refractivity contribution in [2.24, 2.45) is 0 Å². The van der Waals surface area contributed by atoms with Crippen molar-refractivity contribution in [3.63, 3.8) is 0 Å². The van der Waals surface area contributed by atoms with E-state index >= 15 is 0 Å². The molecule has 0 aliphatic rings. The Balaban J connectivity index is 1.12. The smallest absolute Gasteiger partial charge is 0.137 e. The second-order valence-electron chi connectivity index (χ2n) is 9.35. The molecule has 4 aromatic carbocycles. The van der Waals surface area contributed by atoms with E-state index < -0.39 is 0 Å². The van der Waals surface area contributed by atoms with E-state index in [1.165, 1.54) is 6.33 Å². The second-order valence-corrected chi connectivity index (χ2v) is 10.2. The Morgan fingerprint density at radius 3 is 2.23 bits per heavy atom. The summed E-state index contributed by atoms with van der Waals surface area (Å²) in [6.07, 6.45) is 3.20. The van der Waals surface area contributed by atoms with Gasteiger partial charge in [0.1, 0.15) is 37.4 Å². The van der Waals surface area contributed by atoms with Gasteiger partial charge in [-0.05, 0) is 58.7 Å². The third-order valence-corrected chi connectivity index (χ3v) is 6.90. The van der Waals surface area contributed by atoms with Gasteiger partial charge < -0.3 is 14.2 Å². The predicted molar refractivity (Wildman–Crippen MR) is 157 cm³/mol. The molecule has 5 rings (SSSR count). The summed E-state index contributed by atoms with van der Waals surface area (Å²) >= 11 is 12.6. The van der Waals surface area contributed by atoms with E-state index in [0.717, 1.165) is 33.8 Å². The monoisotopic (exact) mass is 573 g/mol. The fraction of sp³-hybridized carbons (Fsp3) is 0.188. The predicted octanol–water partition coefficient (Wildman–Crippen LogP) is 7.74. The summed E-state index contributed by atoms with van der Waals surface area (Å²) in [5.41, 5.74) is 4.18. The molecule has 1 atom stereocenters. The SMILES string of the molecule is Clc1ccc(C(COCc2ccc(OCc3cccc(OCc4ccccc4)c3)cc2)Cn2cncn2)c(Cl)c1. The lowest BCUT2D eigenvalue weighted by Crippen LogP contribution is -2.16. The standard InChI is InChI=1S/C32H29Cl2N3O3/c33-28-11-14-31(32(34)16-28)27(17-37-23-35-22-36-37)21-38-18-25-9-12-29(13-10-25)39-20-26-7-4-8-30(15-26)40-19-24-5-2-1-3-6-24/h1-16,22-23,27H,17-21H2. The zero-order valence-corrected chi connectivity index (χ0v) is 23.3. The quantitative estimate of drug-likeness (QED) is 0.144. The minimum Gasteiger partial charge on any atom is -0.489 e. The van der Waals surface area contributed by atoms with Gasteiger partial charge in [0.25, 0.3) is 0 Å². The van der Waals surface area contributed by atoms with Crippen LogP contribution in [0.5, 0.6) is 11.5 Å². The van der Waals surface area contributed by atoms with E-state index in [0.29, 0.717) is 43.0 Å². The number of ether oxygens (including phenoxy) is 3. The highest BCUT2D eigenvalue weighted by atomic mass is 35.5. The van der Waals surface area contributed by atoms with Crippen LogP contribution in [-0.2, 0) is 31.1 Å². The van der Waals surface area contributed by atoms with E-state index in [1.807, 2.05) is 91.0 Å². The highest BCUT2D eigenvalue weighted by Crippen LogP contribution is 2.29. The summed E-state index contributed by atoms with van der Waals surface area (Å²) in [4.78, 5) is 4.04. The Labute approximate surface area is 244 Å². The van der Waals surface area contributed by atoms with Gasteiger partial charge >= 0.3 is 0 Å². The van der Waals surface area contributed by atoms with Crippen molar-refractivity contribution in [1.29, 1.82) is 0 Å². The minimum absolute atomic E-state index is 0.0125. The normalized spacial score (nSPS) is 11.8. The lowest BCUT2D eigenvalue weighted by molar-refractivity contribution is 0.101. The molecule has 0 aliphatic carbocycles. The Morgan fingerprint density at radius 2 is 1.45 bits per heavy atom. The number of rotatable bonds is 13. The summed E-state index contributed by atoms with van der Waals surface area (Å²) in [5, 5.41) is 5.44. The molecule has 0 spiro atoms. The molecular formula is C32H29Cl2N3O3. The number of halogens is 2. The molecule has 0 saturated carbocycles. The van der Waals surface area contributed by atoms with E-state index in [1.54, 1.807) is 17.1 Å². The Bertz CT molecular complexity index is 1480. The molecule has 8 heteroatoms. The van der Waals surface area contributed by atoms with Crippen LogP contribution in [0.4, 0.5) is 0 Å². The number of benzene rings is 4. The average Bonchev–Trinajstić information content (AvgIpc) is 3.49. The summed E-state index contributed by atoms with van der Waals surface area (Å²) < 4.78 is 19.8. The first-order chi connectivity index (χ1) is 19.6. The van der Waals surface area contributed by atoms with Gasteiger partial charge in [0.05, 0.1) is 19.8 Å². The average molecular weight is 575 g/mol. The summed E-state index contributed by atoms with van der Waals surface area (Å²) in [6.45, 7) is 2.49. The summed E-state index contributed by atoms with van der Waals surface area (Å²) in [6, 6.07) is 31.5.